The first-order valence-electron chi connectivity index (χ1n) is 5.92. The highest BCUT2D eigenvalue weighted by Crippen LogP contribution is 2.24. The maximum atomic E-state index is 11.8. The minimum Gasteiger partial charge on any atom is -0.480 e. The highest BCUT2D eigenvalue weighted by atomic mass is 16.5. The number of ether oxygens (including phenoxy) is 1. The number of para-hydroxylation sites is 2. The second-order valence-corrected chi connectivity index (χ2v) is 4.44. The van der Waals surface area contributed by atoms with Gasteiger partial charge in [-0.05, 0) is 18.1 Å². The van der Waals surface area contributed by atoms with Gasteiger partial charge in [-0.2, -0.15) is 0 Å². The molecule has 1 atom stereocenters. The number of hydrogen-bond acceptors (Lipinski definition) is 4. The van der Waals surface area contributed by atoms with Gasteiger partial charge >= 0.3 is 5.97 Å². The Morgan fingerprint density at radius 2 is 2.00 bits per heavy atom. The van der Waals surface area contributed by atoms with Crippen LogP contribution in [0.4, 0.5) is 5.69 Å². The minimum atomic E-state index is -1.08. The number of anilines is 1. The molecule has 0 fully saturated rings. The molecule has 1 rings (SSSR count). The summed E-state index contributed by atoms with van der Waals surface area (Å²) in [5, 5.41) is 11.2. The van der Waals surface area contributed by atoms with E-state index in [2.05, 4.69) is 5.32 Å². The summed E-state index contributed by atoms with van der Waals surface area (Å²) in [6, 6.07) is 5.98. The Hall–Kier alpha value is -2.08. The molecule has 0 saturated heterocycles. The molecule has 0 aliphatic rings. The zero-order valence-corrected chi connectivity index (χ0v) is 10.9. The van der Waals surface area contributed by atoms with Crippen LogP contribution in [0.2, 0.25) is 0 Å². The fourth-order valence-corrected chi connectivity index (χ4v) is 1.35. The number of carboxylic acids is 1. The fourth-order valence-electron chi connectivity index (χ4n) is 1.35. The lowest BCUT2D eigenvalue weighted by Crippen LogP contribution is -2.39. The number of aliphatic carboxylic acids is 1. The quantitative estimate of drug-likeness (QED) is 0.715. The molecule has 0 spiro atoms. The van der Waals surface area contributed by atoms with Gasteiger partial charge in [0.15, 0.2) is 6.61 Å². The molecule has 1 aromatic carbocycles. The molecule has 1 amide bonds. The summed E-state index contributed by atoms with van der Waals surface area (Å²) in [6.45, 7) is 3.22. The molecule has 0 aromatic heterocycles. The van der Waals surface area contributed by atoms with Crippen molar-refractivity contribution in [3.05, 3.63) is 24.3 Å². The Balaban J connectivity index is 2.77. The summed E-state index contributed by atoms with van der Waals surface area (Å²) in [7, 11) is 0. The molecule has 19 heavy (non-hydrogen) atoms. The van der Waals surface area contributed by atoms with Crippen LogP contribution in [-0.4, -0.2) is 29.6 Å². The van der Waals surface area contributed by atoms with Gasteiger partial charge in [0.05, 0.1) is 11.7 Å². The largest absolute Gasteiger partial charge is 0.480 e. The highest BCUT2D eigenvalue weighted by Gasteiger charge is 2.18. The summed E-state index contributed by atoms with van der Waals surface area (Å²) < 4.78 is 5.08. The van der Waals surface area contributed by atoms with Crippen molar-refractivity contribution in [3.63, 3.8) is 0 Å². The van der Waals surface area contributed by atoms with Gasteiger partial charge in [0.1, 0.15) is 5.75 Å². The maximum absolute atomic E-state index is 11.8. The number of rotatable bonds is 6. The lowest BCUT2D eigenvalue weighted by molar-refractivity contribution is -0.139. The van der Waals surface area contributed by atoms with E-state index < -0.39 is 18.6 Å². The topological polar surface area (TPSA) is 102 Å². The van der Waals surface area contributed by atoms with Gasteiger partial charge in [-0.3, -0.25) is 4.79 Å². The van der Waals surface area contributed by atoms with Crippen molar-refractivity contribution < 1.29 is 19.4 Å². The molecular weight excluding hydrogens is 248 g/mol. The van der Waals surface area contributed by atoms with Crippen LogP contribution in [0, 0.1) is 5.92 Å². The van der Waals surface area contributed by atoms with Gasteiger partial charge in [0, 0.05) is 0 Å². The molecular formula is C13H18N2O4. The molecule has 4 N–H and O–H groups in total. The third kappa shape index (κ3) is 4.59. The molecule has 0 bridgehead atoms. The molecule has 0 saturated carbocycles. The zero-order valence-electron chi connectivity index (χ0n) is 10.9. The van der Waals surface area contributed by atoms with Crippen LogP contribution in [0.15, 0.2) is 24.3 Å². The zero-order chi connectivity index (χ0) is 14.4. The molecule has 0 heterocycles. The van der Waals surface area contributed by atoms with E-state index in [-0.39, 0.29) is 11.8 Å². The maximum Gasteiger partial charge on any atom is 0.341 e. The van der Waals surface area contributed by atoms with Crippen LogP contribution in [0.3, 0.4) is 0 Å². The molecule has 104 valence electrons. The van der Waals surface area contributed by atoms with Gasteiger partial charge in [-0.1, -0.05) is 26.0 Å². The van der Waals surface area contributed by atoms with Crippen molar-refractivity contribution in [3.8, 4) is 5.75 Å². The lowest BCUT2D eigenvalue weighted by atomic mass is 10.0. The van der Waals surface area contributed by atoms with E-state index in [1.807, 2.05) is 13.8 Å². The van der Waals surface area contributed by atoms with Crippen LogP contribution in [-0.2, 0) is 9.59 Å². The average molecular weight is 266 g/mol. The number of carboxylic acid groups (broad SMARTS) is 1. The van der Waals surface area contributed by atoms with Crippen molar-refractivity contribution in [2.45, 2.75) is 19.9 Å². The van der Waals surface area contributed by atoms with E-state index in [9.17, 15) is 9.59 Å². The normalized spacial score (nSPS) is 12.0. The monoisotopic (exact) mass is 266 g/mol. The number of benzene rings is 1. The number of amides is 1. The van der Waals surface area contributed by atoms with Crippen molar-refractivity contribution in [1.82, 2.24) is 0 Å². The van der Waals surface area contributed by atoms with Gasteiger partial charge in [0.2, 0.25) is 5.91 Å². The van der Waals surface area contributed by atoms with E-state index in [1.165, 1.54) is 0 Å². The molecule has 6 nitrogen and oxygen atoms in total. The average Bonchev–Trinajstić information content (AvgIpc) is 2.36. The molecule has 0 aliphatic heterocycles. The van der Waals surface area contributed by atoms with Gasteiger partial charge < -0.3 is 20.9 Å². The number of carbonyl (C=O) groups excluding carboxylic acids is 1. The van der Waals surface area contributed by atoms with Crippen molar-refractivity contribution >= 4 is 17.6 Å². The minimum absolute atomic E-state index is 0.00657. The van der Waals surface area contributed by atoms with Crippen LogP contribution < -0.4 is 15.8 Å². The van der Waals surface area contributed by atoms with E-state index in [0.29, 0.717) is 11.4 Å². The molecule has 0 radical (unpaired) electrons. The van der Waals surface area contributed by atoms with Crippen LogP contribution in [0.1, 0.15) is 13.8 Å². The fraction of sp³-hybridized carbons (Fsp3) is 0.385. The van der Waals surface area contributed by atoms with Crippen molar-refractivity contribution in [2.24, 2.45) is 11.7 Å². The Kier molecular flexibility index (Phi) is 5.32. The number of nitrogens with two attached hydrogens (primary N) is 1. The number of carbonyl (C=O) groups is 2. The summed E-state index contributed by atoms with van der Waals surface area (Å²) in [6.07, 6.45) is 0. The Labute approximate surface area is 111 Å². The van der Waals surface area contributed by atoms with Crippen LogP contribution in [0.5, 0.6) is 5.75 Å². The van der Waals surface area contributed by atoms with E-state index in [1.54, 1.807) is 24.3 Å². The summed E-state index contributed by atoms with van der Waals surface area (Å²) in [5.74, 6) is -1.11. The summed E-state index contributed by atoms with van der Waals surface area (Å²) in [4.78, 5) is 22.3. The first kappa shape index (κ1) is 15.0. The third-order valence-corrected chi connectivity index (χ3v) is 2.52. The number of nitrogens with one attached hydrogen (secondary N) is 1. The molecule has 0 unspecified atom stereocenters. The lowest BCUT2D eigenvalue weighted by Gasteiger charge is -2.17. The van der Waals surface area contributed by atoms with Crippen molar-refractivity contribution in [2.75, 3.05) is 11.9 Å². The van der Waals surface area contributed by atoms with Crippen molar-refractivity contribution in [1.29, 1.82) is 0 Å². The van der Waals surface area contributed by atoms with Crippen LogP contribution >= 0.6 is 0 Å². The Morgan fingerprint density at radius 3 is 2.58 bits per heavy atom. The Bertz CT molecular complexity index is 460. The standard InChI is InChI=1S/C13H18N2O4/c1-8(2)12(14)13(18)15-9-5-3-4-6-10(9)19-7-11(16)17/h3-6,8,12H,7,14H2,1-2H3,(H,15,18)(H,16,17)/t12-/m1/s1. The summed E-state index contributed by atoms with van der Waals surface area (Å²) in [5.41, 5.74) is 6.14. The Morgan fingerprint density at radius 1 is 1.37 bits per heavy atom. The molecule has 0 aliphatic carbocycles. The van der Waals surface area contributed by atoms with Gasteiger partial charge in [-0.25, -0.2) is 4.79 Å². The van der Waals surface area contributed by atoms with E-state index >= 15 is 0 Å². The molecule has 6 heteroatoms. The smallest absolute Gasteiger partial charge is 0.341 e. The van der Waals surface area contributed by atoms with E-state index in [4.69, 9.17) is 15.6 Å². The second kappa shape index (κ2) is 6.75. The second-order valence-electron chi connectivity index (χ2n) is 4.44. The molecule has 1 aromatic rings. The predicted octanol–water partition coefficient (Wildman–Crippen LogP) is 1.07. The predicted molar refractivity (Wildman–Crippen MR) is 71.0 cm³/mol. The summed E-state index contributed by atoms with van der Waals surface area (Å²) >= 11 is 0. The van der Waals surface area contributed by atoms with Gasteiger partial charge in [0.25, 0.3) is 0 Å². The first-order chi connectivity index (χ1) is 8.91. The van der Waals surface area contributed by atoms with E-state index in [0.717, 1.165) is 0 Å². The number of hydrogen-bond donors (Lipinski definition) is 3. The SMILES string of the molecule is CC(C)[C@@H](N)C(=O)Nc1ccccc1OCC(=O)O. The van der Waals surface area contributed by atoms with Gasteiger partial charge in [-0.15, -0.1) is 0 Å². The third-order valence-electron chi connectivity index (χ3n) is 2.52. The highest BCUT2D eigenvalue weighted by molar-refractivity contribution is 5.96. The first-order valence-corrected chi connectivity index (χ1v) is 5.92. The van der Waals surface area contributed by atoms with Crippen LogP contribution in [0.25, 0.3) is 0 Å².